The van der Waals surface area contributed by atoms with E-state index < -0.39 is 0 Å². The molecule has 5 heteroatoms. The lowest BCUT2D eigenvalue weighted by molar-refractivity contribution is 0.277. The predicted molar refractivity (Wildman–Crippen MR) is 102 cm³/mol. The van der Waals surface area contributed by atoms with Crippen LogP contribution in [0.2, 0.25) is 0 Å². The first-order valence-corrected chi connectivity index (χ1v) is 8.55. The van der Waals surface area contributed by atoms with Crippen LogP contribution >= 0.6 is 0 Å². The Morgan fingerprint density at radius 1 is 1.00 bits per heavy atom. The van der Waals surface area contributed by atoms with Gasteiger partial charge in [-0.3, -0.25) is 10.1 Å². The van der Waals surface area contributed by atoms with E-state index in [0.29, 0.717) is 5.69 Å². The summed E-state index contributed by atoms with van der Waals surface area (Å²) in [4.78, 5) is 4.51. The number of hydrogen-bond donors (Lipinski definition) is 3. The fourth-order valence-electron chi connectivity index (χ4n) is 3.41. The largest absolute Gasteiger partial charge is 0.508 e. The van der Waals surface area contributed by atoms with Crippen molar-refractivity contribution in [3.8, 4) is 28.0 Å². The molecule has 26 heavy (non-hydrogen) atoms. The van der Waals surface area contributed by atoms with E-state index in [2.05, 4.69) is 34.2 Å². The SMILES string of the molecule is CCc1c(-c2ccc3[nH]ncc3c2)cnc(CO)c1-c1ccc(O)cc1. The molecule has 0 amide bonds. The second kappa shape index (κ2) is 6.61. The first kappa shape index (κ1) is 16.3. The van der Waals surface area contributed by atoms with Crippen LogP contribution in [0.4, 0.5) is 0 Å². The van der Waals surface area contributed by atoms with Gasteiger partial charge in [0.15, 0.2) is 0 Å². The Hall–Kier alpha value is -3.18. The van der Waals surface area contributed by atoms with Gasteiger partial charge in [-0.25, -0.2) is 0 Å². The molecule has 0 atom stereocenters. The molecule has 0 saturated heterocycles. The van der Waals surface area contributed by atoms with Crippen LogP contribution in [0.5, 0.6) is 5.75 Å². The number of benzene rings is 2. The maximum atomic E-state index is 9.81. The molecule has 2 heterocycles. The third-order valence-electron chi connectivity index (χ3n) is 4.68. The number of hydrogen-bond acceptors (Lipinski definition) is 4. The average Bonchev–Trinajstić information content (AvgIpc) is 3.15. The van der Waals surface area contributed by atoms with Crippen LogP contribution in [0.15, 0.2) is 54.9 Å². The normalized spacial score (nSPS) is 11.2. The summed E-state index contributed by atoms with van der Waals surface area (Å²) in [5.41, 5.74) is 6.72. The summed E-state index contributed by atoms with van der Waals surface area (Å²) in [6.07, 6.45) is 4.43. The summed E-state index contributed by atoms with van der Waals surface area (Å²) in [5, 5.41) is 27.5. The molecule has 2 aromatic heterocycles. The first-order valence-electron chi connectivity index (χ1n) is 8.55. The Labute approximate surface area is 151 Å². The van der Waals surface area contributed by atoms with Crippen molar-refractivity contribution in [2.75, 3.05) is 0 Å². The van der Waals surface area contributed by atoms with Crippen LogP contribution in [0.3, 0.4) is 0 Å². The lowest BCUT2D eigenvalue weighted by atomic mass is 9.90. The van der Waals surface area contributed by atoms with Crippen molar-refractivity contribution < 1.29 is 10.2 Å². The molecule has 0 spiro atoms. The number of H-pyrrole nitrogens is 1. The van der Waals surface area contributed by atoms with Crippen LogP contribution in [0.1, 0.15) is 18.2 Å². The zero-order chi connectivity index (χ0) is 18.1. The molecular weight excluding hydrogens is 326 g/mol. The van der Waals surface area contributed by atoms with E-state index in [1.54, 1.807) is 18.3 Å². The molecule has 3 N–H and O–H groups in total. The van der Waals surface area contributed by atoms with Crippen LogP contribution in [0.25, 0.3) is 33.2 Å². The number of aromatic amines is 1. The highest BCUT2D eigenvalue weighted by atomic mass is 16.3. The molecule has 2 aromatic carbocycles. The third kappa shape index (κ3) is 2.72. The predicted octanol–water partition coefficient (Wildman–Crippen LogP) is 4.05. The molecular formula is C21H19N3O2. The number of phenols is 1. The lowest BCUT2D eigenvalue weighted by Gasteiger charge is -2.17. The number of phenolic OH excluding ortho intramolecular Hbond substituents is 1. The van der Waals surface area contributed by atoms with Gasteiger partial charge in [0.2, 0.25) is 0 Å². The number of aliphatic hydroxyl groups is 1. The quantitative estimate of drug-likeness (QED) is 0.521. The standard InChI is InChI=1S/C21H19N3O2/c1-2-17-18(14-5-8-19-15(9-14)10-23-24-19)11-22-20(12-25)21(17)13-3-6-16(26)7-4-13/h3-11,25-26H,2,12H2,1H3,(H,23,24). The van der Waals surface area contributed by atoms with E-state index in [1.165, 1.54) is 0 Å². The van der Waals surface area contributed by atoms with E-state index in [9.17, 15) is 10.2 Å². The number of nitrogens with one attached hydrogen (secondary N) is 1. The summed E-state index contributed by atoms with van der Waals surface area (Å²) < 4.78 is 0. The molecule has 0 fully saturated rings. The molecule has 0 radical (unpaired) electrons. The molecule has 4 aromatic rings. The Morgan fingerprint density at radius 3 is 2.50 bits per heavy atom. The minimum Gasteiger partial charge on any atom is -0.508 e. The number of nitrogens with zero attached hydrogens (tertiary/aromatic N) is 2. The second-order valence-electron chi connectivity index (χ2n) is 6.20. The van der Waals surface area contributed by atoms with Gasteiger partial charge in [-0.05, 0) is 47.4 Å². The van der Waals surface area contributed by atoms with Crippen LogP contribution < -0.4 is 0 Å². The third-order valence-corrected chi connectivity index (χ3v) is 4.68. The van der Waals surface area contributed by atoms with Crippen molar-refractivity contribution in [1.82, 2.24) is 15.2 Å². The minimum absolute atomic E-state index is 0.135. The van der Waals surface area contributed by atoms with E-state index in [1.807, 2.05) is 24.4 Å². The van der Waals surface area contributed by atoms with Crippen molar-refractivity contribution in [2.24, 2.45) is 0 Å². The van der Waals surface area contributed by atoms with E-state index in [0.717, 1.165) is 45.1 Å². The van der Waals surface area contributed by atoms with E-state index >= 15 is 0 Å². The zero-order valence-electron chi connectivity index (χ0n) is 14.4. The number of aliphatic hydroxyl groups excluding tert-OH is 1. The van der Waals surface area contributed by atoms with Gasteiger partial charge >= 0.3 is 0 Å². The fraction of sp³-hybridized carbons (Fsp3) is 0.143. The Kier molecular flexibility index (Phi) is 4.14. The highest BCUT2D eigenvalue weighted by molar-refractivity contribution is 5.87. The highest BCUT2D eigenvalue weighted by Crippen LogP contribution is 2.36. The van der Waals surface area contributed by atoms with Gasteiger partial charge in [-0.2, -0.15) is 5.10 Å². The van der Waals surface area contributed by atoms with Crippen molar-refractivity contribution >= 4 is 10.9 Å². The summed E-state index contributed by atoms with van der Waals surface area (Å²) in [5.74, 6) is 0.215. The Balaban J connectivity index is 1.95. The van der Waals surface area contributed by atoms with Crippen molar-refractivity contribution in [1.29, 1.82) is 0 Å². The topological polar surface area (TPSA) is 82.0 Å². The number of pyridine rings is 1. The smallest absolute Gasteiger partial charge is 0.115 e. The lowest BCUT2D eigenvalue weighted by Crippen LogP contribution is -2.01. The summed E-state index contributed by atoms with van der Waals surface area (Å²) in [6.45, 7) is 1.96. The summed E-state index contributed by atoms with van der Waals surface area (Å²) in [7, 11) is 0. The highest BCUT2D eigenvalue weighted by Gasteiger charge is 2.16. The molecule has 130 valence electrons. The molecule has 0 unspecified atom stereocenters. The van der Waals surface area contributed by atoms with E-state index in [-0.39, 0.29) is 12.4 Å². The average molecular weight is 345 g/mol. The fourth-order valence-corrected chi connectivity index (χ4v) is 3.41. The Bertz CT molecular complexity index is 1070. The van der Waals surface area contributed by atoms with Gasteiger partial charge in [0, 0.05) is 22.7 Å². The van der Waals surface area contributed by atoms with Gasteiger partial charge in [0.1, 0.15) is 5.75 Å². The summed E-state index contributed by atoms with van der Waals surface area (Å²) >= 11 is 0. The van der Waals surface area contributed by atoms with Crippen LogP contribution in [0, 0.1) is 0 Å². The number of rotatable bonds is 4. The first-order chi connectivity index (χ1) is 12.7. The minimum atomic E-state index is -0.135. The van der Waals surface area contributed by atoms with Gasteiger partial charge in [0.25, 0.3) is 0 Å². The second-order valence-corrected chi connectivity index (χ2v) is 6.20. The van der Waals surface area contributed by atoms with Crippen molar-refractivity contribution in [3.05, 3.63) is 66.1 Å². The zero-order valence-corrected chi connectivity index (χ0v) is 14.4. The number of aromatic nitrogens is 3. The molecule has 0 saturated carbocycles. The Morgan fingerprint density at radius 2 is 1.77 bits per heavy atom. The molecule has 0 bridgehead atoms. The van der Waals surface area contributed by atoms with Crippen molar-refractivity contribution in [2.45, 2.75) is 20.0 Å². The molecule has 0 aliphatic heterocycles. The van der Waals surface area contributed by atoms with Crippen molar-refractivity contribution in [3.63, 3.8) is 0 Å². The summed E-state index contributed by atoms with van der Waals surface area (Å²) in [6, 6.07) is 13.2. The van der Waals surface area contributed by atoms with E-state index in [4.69, 9.17) is 0 Å². The monoisotopic (exact) mass is 345 g/mol. The van der Waals surface area contributed by atoms with Gasteiger partial charge in [-0.1, -0.05) is 25.1 Å². The van der Waals surface area contributed by atoms with Crippen LogP contribution in [-0.2, 0) is 13.0 Å². The number of aromatic hydroxyl groups is 1. The number of fused-ring (bicyclic) bond motifs is 1. The molecule has 0 aliphatic carbocycles. The maximum absolute atomic E-state index is 9.81. The van der Waals surface area contributed by atoms with Crippen LogP contribution in [-0.4, -0.2) is 25.4 Å². The maximum Gasteiger partial charge on any atom is 0.115 e. The molecule has 0 aliphatic rings. The molecule has 5 nitrogen and oxygen atoms in total. The van der Waals surface area contributed by atoms with Gasteiger partial charge in [-0.15, -0.1) is 0 Å². The van der Waals surface area contributed by atoms with Gasteiger partial charge < -0.3 is 10.2 Å². The molecule has 4 rings (SSSR count). The van der Waals surface area contributed by atoms with Gasteiger partial charge in [0.05, 0.1) is 24.0 Å².